The molecule has 1 N–H and O–H groups in total. The van der Waals surface area contributed by atoms with Crippen molar-refractivity contribution in [3.05, 3.63) is 87.0 Å². The van der Waals surface area contributed by atoms with Crippen LogP contribution < -0.4 is 5.56 Å². The molecule has 0 spiro atoms. The maximum Gasteiger partial charge on any atom is 0.252 e. The van der Waals surface area contributed by atoms with Gasteiger partial charge in [0, 0.05) is 24.0 Å². The van der Waals surface area contributed by atoms with Gasteiger partial charge in [-0.3, -0.25) is 9.69 Å². The number of nitrogens with one attached hydrogen (secondary N) is 1. The first-order valence-corrected chi connectivity index (χ1v) is 10.9. The summed E-state index contributed by atoms with van der Waals surface area (Å²) in [7, 11) is 0. The van der Waals surface area contributed by atoms with Crippen molar-refractivity contribution < 1.29 is 0 Å². The minimum absolute atomic E-state index is 0.0559. The molecule has 0 bridgehead atoms. The first-order valence-electron chi connectivity index (χ1n) is 10.9. The number of benzene rings is 2. The average Bonchev–Trinajstić information content (AvgIpc) is 3.21. The Bertz CT molecular complexity index is 1280. The number of hydrogen-bond acceptors (Lipinski definition) is 5. The molecule has 2 heterocycles. The van der Waals surface area contributed by atoms with Crippen LogP contribution in [-0.2, 0) is 25.2 Å². The van der Waals surface area contributed by atoms with Gasteiger partial charge >= 0.3 is 0 Å². The zero-order valence-electron chi connectivity index (χ0n) is 19.4. The summed E-state index contributed by atoms with van der Waals surface area (Å²) in [5.74, 6) is 0.776. The van der Waals surface area contributed by atoms with Crippen LogP contribution in [0.25, 0.3) is 10.9 Å². The Morgan fingerprint density at radius 3 is 2.41 bits per heavy atom. The quantitative estimate of drug-likeness (QED) is 0.498. The van der Waals surface area contributed by atoms with Crippen LogP contribution in [0.5, 0.6) is 0 Å². The molecule has 0 amide bonds. The van der Waals surface area contributed by atoms with Crippen LogP contribution >= 0.6 is 0 Å². The average molecular weight is 431 g/mol. The van der Waals surface area contributed by atoms with Gasteiger partial charge in [0.25, 0.3) is 5.56 Å². The summed E-state index contributed by atoms with van der Waals surface area (Å²) in [5.41, 5.74) is 4.74. The molecule has 0 unspecified atom stereocenters. The topological polar surface area (TPSA) is 79.7 Å². The second-order valence-corrected chi connectivity index (χ2v) is 9.42. The largest absolute Gasteiger partial charge is 0.321 e. The number of aryl methyl sites for hydroxylation is 2. The third-order valence-corrected chi connectivity index (χ3v) is 5.70. The number of aromatic nitrogens is 5. The van der Waals surface area contributed by atoms with Crippen LogP contribution in [0.2, 0.25) is 0 Å². The van der Waals surface area contributed by atoms with Crippen LogP contribution in [0.15, 0.2) is 53.3 Å². The van der Waals surface area contributed by atoms with Crippen molar-refractivity contribution in [2.24, 2.45) is 0 Å². The zero-order chi connectivity index (χ0) is 22.9. The second kappa shape index (κ2) is 8.67. The van der Waals surface area contributed by atoms with Crippen molar-refractivity contribution in [2.75, 3.05) is 0 Å². The van der Waals surface area contributed by atoms with Crippen LogP contribution in [0.3, 0.4) is 0 Å². The van der Waals surface area contributed by atoms with Gasteiger partial charge in [-0.05, 0) is 67.8 Å². The number of nitrogens with zero attached hydrogens (tertiary/aromatic N) is 5. The Labute approximate surface area is 188 Å². The first kappa shape index (κ1) is 21.9. The Kier molecular flexibility index (Phi) is 5.93. The lowest BCUT2D eigenvalue weighted by Crippen LogP contribution is -2.31. The fourth-order valence-corrected chi connectivity index (χ4v) is 4.01. The highest BCUT2D eigenvalue weighted by molar-refractivity contribution is 5.85. The van der Waals surface area contributed by atoms with E-state index >= 15 is 0 Å². The predicted molar refractivity (Wildman–Crippen MR) is 126 cm³/mol. The molecule has 2 aromatic heterocycles. The van der Waals surface area contributed by atoms with Gasteiger partial charge in [-0.25, -0.2) is 4.68 Å². The highest BCUT2D eigenvalue weighted by atomic mass is 16.1. The fourth-order valence-electron chi connectivity index (χ4n) is 4.01. The van der Waals surface area contributed by atoms with Crippen LogP contribution in [0, 0.1) is 13.8 Å². The van der Waals surface area contributed by atoms with Gasteiger partial charge in [-0.1, -0.05) is 42.5 Å². The van der Waals surface area contributed by atoms with E-state index in [2.05, 4.69) is 71.3 Å². The number of aromatic amines is 1. The van der Waals surface area contributed by atoms with E-state index in [4.69, 9.17) is 0 Å². The number of tetrazole rings is 1. The van der Waals surface area contributed by atoms with Gasteiger partial charge in [0.15, 0.2) is 5.82 Å². The molecule has 2 aromatic carbocycles. The third-order valence-electron chi connectivity index (χ3n) is 5.70. The summed E-state index contributed by atoms with van der Waals surface area (Å²) < 4.78 is 1.85. The number of rotatable bonds is 6. The minimum Gasteiger partial charge on any atom is -0.321 e. The molecule has 0 aliphatic heterocycles. The van der Waals surface area contributed by atoms with Crippen molar-refractivity contribution in [3.8, 4) is 0 Å². The second-order valence-electron chi connectivity index (χ2n) is 9.42. The van der Waals surface area contributed by atoms with Gasteiger partial charge in [0.05, 0.1) is 17.6 Å². The van der Waals surface area contributed by atoms with E-state index in [1.807, 2.05) is 41.9 Å². The number of fused-ring (bicyclic) bond motifs is 1. The molecule has 0 fully saturated rings. The summed E-state index contributed by atoms with van der Waals surface area (Å²) in [6, 6.07) is 16.4. The van der Waals surface area contributed by atoms with Gasteiger partial charge in [0.1, 0.15) is 0 Å². The predicted octanol–water partition coefficient (Wildman–Crippen LogP) is 4.09. The van der Waals surface area contributed by atoms with E-state index in [0.717, 1.165) is 33.4 Å². The molecule has 0 saturated heterocycles. The van der Waals surface area contributed by atoms with E-state index in [1.54, 1.807) is 0 Å². The summed E-state index contributed by atoms with van der Waals surface area (Å²) in [6.07, 6.45) is 0. The Balaban J connectivity index is 1.71. The molecule has 4 rings (SSSR count). The third kappa shape index (κ3) is 4.62. The summed E-state index contributed by atoms with van der Waals surface area (Å²) in [4.78, 5) is 18.3. The van der Waals surface area contributed by atoms with E-state index in [9.17, 15) is 4.79 Å². The minimum atomic E-state index is -0.230. The molecule has 0 aliphatic rings. The number of H-pyrrole nitrogens is 1. The summed E-state index contributed by atoms with van der Waals surface area (Å²) in [6.45, 7) is 12.0. The highest BCUT2D eigenvalue weighted by Gasteiger charge is 2.22. The standard InChI is InChI=1S/C25H30N6O/c1-17-11-12-18(2)23-21(17)13-20(24(32)26-23)15-30(14-19-9-7-6-8-10-19)16-22-27-28-29-31(22)25(3,4)5/h6-13H,14-16H2,1-5H3,(H,26,32). The maximum absolute atomic E-state index is 13.0. The molecule has 32 heavy (non-hydrogen) atoms. The SMILES string of the molecule is Cc1ccc(C)c2[nH]c(=O)c(CN(Cc3ccccc3)Cc3nnnn3C(C)(C)C)cc12. The molecule has 7 heteroatoms. The number of pyridine rings is 1. The van der Waals surface area contributed by atoms with Gasteiger partial charge in [-0.15, -0.1) is 5.10 Å². The van der Waals surface area contributed by atoms with Gasteiger partial charge in [0.2, 0.25) is 0 Å². The smallest absolute Gasteiger partial charge is 0.252 e. The molecule has 0 saturated carbocycles. The maximum atomic E-state index is 13.0. The molecule has 0 radical (unpaired) electrons. The van der Waals surface area contributed by atoms with Gasteiger partial charge in [-0.2, -0.15) is 0 Å². The monoisotopic (exact) mass is 430 g/mol. The van der Waals surface area contributed by atoms with Crippen molar-refractivity contribution in [3.63, 3.8) is 0 Å². The lowest BCUT2D eigenvalue weighted by atomic mass is 10.0. The molecular formula is C25H30N6O. The Hall–Kier alpha value is -3.32. The molecular weight excluding hydrogens is 400 g/mol. The van der Waals surface area contributed by atoms with Crippen LogP contribution in [-0.4, -0.2) is 30.1 Å². The van der Waals surface area contributed by atoms with Crippen molar-refractivity contribution in [1.29, 1.82) is 0 Å². The fraction of sp³-hybridized carbons (Fsp3) is 0.360. The van der Waals surface area contributed by atoms with Crippen LogP contribution in [0.1, 0.15) is 48.8 Å². The Morgan fingerprint density at radius 1 is 0.969 bits per heavy atom. The van der Waals surface area contributed by atoms with Crippen molar-refractivity contribution in [1.82, 2.24) is 30.1 Å². The molecule has 7 nitrogen and oxygen atoms in total. The first-order chi connectivity index (χ1) is 15.2. The van der Waals surface area contributed by atoms with Gasteiger partial charge < -0.3 is 4.98 Å². The van der Waals surface area contributed by atoms with E-state index in [0.29, 0.717) is 19.6 Å². The van der Waals surface area contributed by atoms with Crippen LogP contribution in [0.4, 0.5) is 0 Å². The lowest BCUT2D eigenvalue weighted by molar-refractivity contribution is 0.223. The molecule has 4 aromatic rings. The van der Waals surface area contributed by atoms with Crippen molar-refractivity contribution >= 4 is 10.9 Å². The zero-order valence-corrected chi connectivity index (χ0v) is 19.4. The lowest BCUT2D eigenvalue weighted by Gasteiger charge is -2.25. The highest BCUT2D eigenvalue weighted by Crippen LogP contribution is 2.21. The molecule has 0 aliphatic carbocycles. The van der Waals surface area contributed by atoms with Crippen molar-refractivity contribution in [2.45, 2.75) is 59.8 Å². The summed E-state index contributed by atoms with van der Waals surface area (Å²) in [5, 5.41) is 13.5. The molecule has 166 valence electrons. The molecule has 0 atom stereocenters. The van der Waals surface area contributed by atoms with E-state index < -0.39 is 0 Å². The Morgan fingerprint density at radius 2 is 1.69 bits per heavy atom. The summed E-state index contributed by atoms with van der Waals surface area (Å²) >= 11 is 0. The normalized spacial score (nSPS) is 12.1. The number of hydrogen-bond donors (Lipinski definition) is 1. The van der Waals surface area contributed by atoms with E-state index in [1.165, 1.54) is 5.56 Å². The van der Waals surface area contributed by atoms with E-state index in [-0.39, 0.29) is 11.1 Å².